The molecule has 0 aliphatic heterocycles. The van der Waals surface area contributed by atoms with E-state index in [4.69, 9.17) is 0 Å². The van der Waals surface area contributed by atoms with Gasteiger partial charge in [-0.15, -0.1) is 0 Å². The normalized spacial score (nSPS) is 11.5. The van der Waals surface area contributed by atoms with Crippen molar-refractivity contribution in [3.8, 4) is 5.75 Å². The Morgan fingerprint density at radius 3 is 2.18 bits per heavy atom. The molecule has 0 aliphatic rings. The van der Waals surface area contributed by atoms with Gasteiger partial charge in [-0.25, -0.2) is 0 Å². The van der Waals surface area contributed by atoms with Crippen molar-refractivity contribution < 1.29 is 5.11 Å². The molecule has 1 aromatic rings. The zero-order chi connectivity index (χ0) is 8.48. The Morgan fingerprint density at radius 2 is 1.82 bits per heavy atom. The van der Waals surface area contributed by atoms with Crippen molar-refractivity contribution in [2.75, 3.05) is 0 Å². The van der Waals surface area contributed by atoms with Crippen molar-refractivity contribution in [1.29, 1.82) is 0 Å². The zero-order valence-electron chi connectivity index (χ0n) is 7.20. The van der Waals surface area contributed by atoms with Gasteiger partial charge in [0.05, 0.1) is 0 Å². The van der Waals surface area contributed by atoms with E-state index in [0.717, 1.165) is 0 Å². The number of aromatic hydroxyl groups is 1. The molecule has 0 unspecified atom stereocenters. The quantitative estimate of drug-likeness (QED) is 0.707. The number of phenols is 1. The van der Waals surface area contributed by atoms with Gasteiger partial charge >= 0.3 is 70.2 Å². The van der Waals surface area contributed by atoms with Crippen molar-refractivity contribution in [2.24, 2.45) is 0 Å². The molecule has 0 amide bonds. The average molecular weight is 213 g/mol. The summed E-state index contributed by atoms with van der Waals surface area (Å²) in [5.74, 6) is 0.388. The molecule has 60 valence electrons. The number of hydrogen-bond acceptors (Lipinski definition) is 1. The summed E-state index contributed by atoms with van der Waals surface area (Å²) in [6.07, 6.45) is 0. The number of benzene rings is 1. The second kappa shape index (κ2) is 2.90. The van der Waals surface area contributed by atoms with Crippen LogP contribution in [-0.2, 0) is 0 Å². The number of phenolic OH excluding ortho intramolecular Hbond substituents is 1. The van der Waals surface area contributed by atoms with Crippen LogP contribution >= 0.6 is 0 Å². The molecule has 0 radical (unpaired) electrons. The standard InChI is InChI=1S/C9H13AsO/c1-10(2,3)8-5-4-6-9(11)7-8/h4-7H,1-3H3/p+1. The molecule has 1 rings (SSSR count). The van der Waals surface area contributed by atoms with Crippen LogP contribution in [0.1, 0.15) is 0 Å². The molecule has 1 aromatic carbocycles. The molecule has 0 fully saturated rings. The Balaban J connectivity index is 3.06. The van der Waals surface area contributed by atoms with Crippen LogP contribution in [0.4, 0.5) is 0 Å². The van der Waals surface area contributed by atoms with Crippen molar-refractivity contribution in [2.45, 2.75) is 17.1 Å². The molecule has 0 bridgehead atoms. The van der Waals surface area contributed by atoms with Crippen molar-refractivity contribution in [1.82, 2.24) is 0 Å². The molecule has 0 aliphatic carbocycles. The molecule has 0 spiro atoms. The molecule has 1 nitrogen and oxygen atoms in total. The van der Waals surface area contributed by atoms with Crippen LogP contribution in [0.15, 0.2) is 24.3 Å². The van der Waals surface area contributed by atoms with Crippen LogP contribution in [-0.4, -0.2) is 18.7 Å². The van der Waals surface area contributed by atoms with E-state index in [-0.39, 0.29) is 0 Å². The molecular weight excluding hydrogens is 199 g/mol. The van der Waals surface area contributed by atoms with Crippen molar-refractivity contribution >= 4 is 17.9 Å². The first-order valence-corrected chi connectivity index (χ1v) is 10.2. The van der Waals surface area contributed by atoms with Crippen LogP contribution in [0.25, 0.3) is 0 Å². The first kappa shape index (κ1) is 8.67. The Hall–Kier alpha value is -0.422. The summed E-state index contributed by atoms with van der Waals surface area (Å²) in [6.45, 7) is 0. The van der Waals surface area contributed by atoms with E-state index in [0.29, 0.717) is 5.75 Å². The monoisotopic (exact) mass is 213 g/mol. The Labute approximate surface area is 70.5 Å². The van der Waals surface area contributed by atoms with Crippen molar-refractivity contribution in [3.63, 3.8) is 0 Å². The average Bonchev–Trinajstić information content (AvgIpc) is 1.86. The van der Waals surface area contributed by atoms with Gasteiger partial charge in [-0.2, -0.15) is 0 Å². The Bertz CT molecular complexity index is 250. The summed E-state index contributed by atoms with van der Waals surface area (Å²) < 4.78 is 1.34. The fourth-order valence-electron chi connectivity index (χ4n) is 0.910. The third kappa shape index (κ3) is 2.27. The maximum absolute atomic E-state index is 9.20. The van der Waals surface area contributed by atoms with E-state index < -0.39 is 13.6 Å². The van der Waals surface area contributed by atoms with E-state index in [1.807, 2.05) is 12.1 Å². The first-order chi connectivity index (χ1) is 5.00. The van der Waals surface area contributed by atoms with Gasteiger partial charge in [0, 0.05) is 0 Å². The topological polar surface area (TPSA) is 20.2 Å². The molecule has 0 heterocycles. The van der Waals surface area contributed by atoms with Crippen LogP contribution in [0.5, 0.6) is 5.75 Å². The predicted octanol–water partition coefficient (Wildman–Crippen LogP) is 1.94. The van der Waals surface area contributed by atoms with Crippen LogP contribution in [0.3, 0.4) is 0 Å². The molecule has 0 atom stereocenters. The summed E-state index contributed by atoms with van der Waals surface area (Å²) in [4.78, 5) is 0. The van der Waals surface area contributed by atoms with E-state index in [1.165, 1.54) is 4.35 Å². The van der Waals surface area contributed by atoms with Gasteiger partial charge < -0.3 is 0 Å². The summed E-state index contributed by atoms with van der Waals surface area (Å²) in [7, 11) is 0. The van der Waals surface area contributed by atoms with E-state index in [1.54, 1.807) is 6.07 Å². The second-order valence-electron chi connectivity index (χ2n) is 3.53. The maximum atomic E-state index is 9.20. The molecule has 1 N–H and O–H groups in total. The third-order valence-electron chi connectivity index (χ3n) is 1.60. The molecule has 11 heavy (non-hydrogen) atoms. The van der Waals surface area contributed by atoms with Crippen LogP contribution < -0.4 is 4.35 Å². The second-order valence-corrected chi connectivity index (χ2v) is 13.1. The summed E-state index contributed by atoms with van der Waals surface area (Å²) >= 11 is -1.54. The van der Waals surface area contributed by atoms with E-state index >= 15 is 0 Å². The molecular formula is C9H14AsO+. The van der Waals surface area contributed by atoms with Crippen molar-refractivity contribution in [3.05, 3.63) is 24.3 Å². The van der Waals surface area contributed by atoms with E-state index in [2.05, 4.69) is 23.2 Å². The molecule has 0 aromatic heterocycles. The summed E-state index contributed by atoms with van der Waals surface area (Å²) in [5.41, 5.74) is 6.90. The van der Waals surface area contributed by atoms with Gasteiger partial charge in [-0.05, 0) is 0 Å². The number of hydrogen-bond donors (Lipinski definition) is 1. The molecule has 0 saturated heterocycles. The van der Waals surface area contributed by atoms with Gasteiger partial charge in [0.1, 0.15) is 0 Å². The fraction of sp³-hybridized carbons (Fsp3) is 0.333. The van der Waals surface area contributed by atoms with Crippen LogP contribution in [0.2, 0.25) is 17.1 Å². The van der Waals surface area contributed by atoms with Gasteiger partial charge in [0.15, 0.2) is 0 Å². The molecule has 0 saturated carbocycles. The third-order valence-corrected chi connectivity index (χ3v) is 5.44. The zero-order valence-corrected chi connectivity index (χ0v) is 9.08. The van der Waals surface area contributed by atoms with Gasteiger partial charge in [-0.1, -0.05) is 0 Å². The minimum atomic E-state index is -1.54. The minimum absolute atomic E-state index is 0.388. The first-order valence-electron chi connectivity index (χ1n) is 3.61. The van der Waals surface area contributed by atoms with Gasteiger partial charge in [0.2, 0.25) is 0 Å². The van der Waals surface area contributed by atoms with Crippen LogP contribution in [0, 0.1) is 0 Å². The fourth-order valence-corrected chi connectivity index (χ4v) is 3.12. The predicted molar refractivity (Wildman–Crippen MR) is 51.1 cm³/mol. The summed E-state index contributed by atoms with van der Waals surface area (Å²) in [6, 6.07) is 7.62. The van der Waals surface area contributed by atoms with E-state index in [9.17, 15) is 5.11 Å². The number of rotatable bonds is 1. The SMILES string of the molecule is C[As+](C)(C)c1cccc(O)c1. The Kier molecular flexibility index (Phi) is 2.29. The van der Waals surface area contributed by atoms with Gasteiger partial charge in [-0.3, -0.25) is 0 Å². The molecule has 2 heteroatoms. The summed E-state index contributed by atoms with van der Waals surface area (Å²) in [5, 5.41) is 9.20. The Morgan fingerprint density at radius 1 is 1.18 bits per heavy atom. The van der Waals surface area contributed by atoms with Gasteiger partial charge in [0.25, 0.3) is 0 Å².